The summed E-state index contributed by atoms with van der Waals surface area (Å²) in [7, 11) is 3.24. The van der Waals surface area contributed by atoms with Gasteiger partial charge >= 0.3 is 11.9 Å². The lowest BCUT2D eigenvalue weighted by Crippen LogP contribution is -2.23. The van der Waals surface area contributed by atoms with Crippen molar-refractivity contribution < 1.29 is 28.5 Å². The van der Waals surface area contributed by atoms with Crippen LogP contribution < -0.4 is 4.74 Å². The van der Waals surface area contributed by atoms with Crippen LogP contribution in [0.15, 0.2) is 6.07 Å². The topological polar surface area (TPSA) is 71.1 Å². The molecule has 142 valence electrons. The van der Waals surface area contributed by atoms with Gasteiger partial charge in [-0.2, -0.15) is 0 Å². The van der Waals surface area contributed by atoms with Crippen molar-refractivity contribution >= 4 is 11.9 Å². The molecule has 2 aliphatic carbocycles. The van der Waals surface area contributed by atoms with E-state index in [2.05, 4.69) is 6.07 Å². The lowest BCUT2D eigenvalue weighted by molar-refractivity contribution is -0.152. The van der Waals surface area contributed by atoms with E-state index in [1.165, 1.54) is 0 Å². The Morgan fingerprint density at radius 1 is 1.00 bits per heavy atom. The maximum atomic E-state index is 12.3. The normalized spacial score (nSPS) is 23.3. The highest BCUT2D eigenvalue weighted by molar-refractivity contribution is 5.78. The van der Waals surface area contributed by atoms with Crippen LogP contribution in [0.2, 0.25) is 0 Å². The van der Waals surface area contributed by atoms with Crippen LogP contribution in [0.1, 0.15) is 42.2 Å². The van der Waals surface area contributed by atoms with Gasteiger partial charge in [0.1, 0.15) is 5.75 Å². The van der Waals surface area contributed by atoms with Gasteiger partial charge in [0, 0.05) is 12.7 Å². The van der Waals surface area contributed by atoms with Crippen molar-refractivity contribution in [2.45, 2.75) is 39.2 Å². The first-order valence-corrected chi connectivity index (χ1v) is 9.13. The van der Waals surface area contributed by atoms with Gasteiger partial charge in [0.2, 0.25) is 0 Å². The molecule has 0 heterocycles. The minimum absolute atomic E-state index is 0.168. The Hall–Kier alpha value is -2.08. The largest absolute Gasteiger partial charge is 0.496 e. The molecule has 1 aromatic rings. The van der Waals surface area contributed by atoms with Crippen LogP contribution in [0.4, 0.5) is 0 Å². The molecule has 0 saturated heterocycles. The summed E-state index contributed by atoms with van der Waals surface area (Å²) in [5.74, 6) is -0.186. The van der Waals surface area contributed by atoms with Crippen LogP contribution in [-0.4, -0.2) is 39.4 Å². The van der Waals surface area contributed by atoms with E-state index < -0.39 is 0 Å². The molecule has 3 atom stereocenters. The van der Waals surface area contributed by atoms with Crippen molar-refractivity contribution in [1.82, 2.24) is 0 Å². The fourth-order valence-electron chi connectivity index (χ4n) is 4.24. The molecule has 0 fully saturated rings. The maximum absolute atomic E-state index is 12.3. The lowest BCUT2D eigenvalue weighted by atomic mass is 9.99. The molecule has 6 heteroatoms. The minimum atomic E-state index is -0.368. The number of rotatable bonds is 6. The zero-order valence-electron chi connectivity index (χ0n) is 15.8. The monoisotopic (exact) mass is 362 g/mol. The van der Waals surface area contributed by atoms with Gasteiger partial charge in [0.25, 0.3) is 0 Å². The second kappa shape index (κ2) is 7.66. The molecule has 1 aromatic carbocycles. The highest BCUT2D eigenvalue weighted by Crippen LogP contribution is 2.48. The molecule has 3 rings (SSSR count). The van der Waals surface area contributed by atoms with Crippen LogP contribution in [0.3, 0.4) is 0 Å². The van der Waals surface area contributed by atoms with Crippen molar-refractivity contribution in [3.05, 3.63) is 28.3 Å². The molecule has 2 aliphatic rings. The molecule has 3 unspecified atom stereocenters. The zero-order valence-corrected chi connectivity index (χ0v) is 15.8. The van der Waals surface area contributed by atoms with Crippen LogP contribution >= 0.6 is 0 Å². The van der Waals surface area contributed by atoms with Gasteiger partial charge in [-0.3, -0.25) is 9.59 Å². The molecule has 0 aromatic heterocycles. The van der Waals surface area contributed by atoms with E-state index in [9.17, 15) is 9.59 Å². The number of methoxy groups -OCH3 is 2. The lowest BCUT2D eigenvalue weighted by Gasteiger charge is -2.18. The van der Waals surface area contributed by atoms with E-state index >= 15 is 0 Å². The van der Waals surface area contributed by atoms with Gasteiger partial charge in [-0.15, -0.1) is 0 Å². The first-order chi connectivity index (χ1) is 12.5. The Bertz CT molecular complexity index is 711. The molecule has 0 amide bonds. The second-order valence-electron chi connectivity index (χ2n) is 6.69. The second-order valence-corrected chi connectivity index (χ2v) is 6.69. The molecular formula is C20H26O6. The summed E-state index contributed by atoms with van der Waals surface area (Å²) >= 11 is 0. The number of ether oxygens (including phenoxy) is 4. The third-order valence-electron chi connectivity index (χ3n) is 5.29. The van der Waals surface area contributed by atoms with Crippen molar-refractivity contribution in [3.63, 3.8) is 0 Å². The van der Waals surface area contributed by atoms with Gasteiger partial charge in [-0.1, -0.05) is 6.07 Å². The molecule has 6 nitrogen and oxygen atoms in total. The predicted octanol–water partition coefficient (Wildman–Crippen LogP) is 2.40. The molecule has 0 saturated carbocycles. The number of benzene rings is 1. The highest BCUT2D eigenvalue weighted by Gasteiger charge is 2.43. The summed E-state index contributed by atoms with van der Waals surface area (Å²) in [5, 5.41) is 0. The van der Waals surface area contributed by atoms with Gasteiger partial charge in [0.05, 0.1) is 38.3 Å². The van der Waals surface area contributed by atoms with Crippen LogP contribution in [0, 0.1) is 11.8 Å². The first kappa shape index (κ1) is 18.7. The van der Waals surface area contributed by atoms with Crippen molar-refractivity contribution in [3.8, 4) is 5.75 Å². The molecule has 0 radical (unpaired) electrons. The minimum Gasteiger partial charge on any atom is -0.496 e. The van der Waals surface area contributed by atoms with Crippen molar-refractivity contribution in [2.24, 2.45) is 11.8 Å². The van der Waals surface area contributed by atoms with E-state index in [0.717, 1.165) is 28.0 Å². The Kier molecular flexibility index (Phi) is 5.51. The van der Waals surface area contributed by atoms with E-state index in [0.29, 0.717) is 32.5 Å². The fraction of sp³-hybridized carbons (Fsp3) is 0.600. The Balaban J connectivity index is 1.95. The Morgan fingerprint density at radius 2 is 1.69 bits per heavy atom. The Labute approximate surface area is 153 Å². The Morgan fingerprint density at radius 3 is 2.31 bits per heavy atom. The van der Waals surface area contributed by atoms with Gasteiger partial charge in [0.15, 0.2) is 0 Å². The van der Waals surface area contributed by atoms with Crippen molar-refractivity contribution in [1.29, 1.82) is 0 Å². The fourth-order valence-corrected chi connectivity index (χ4v) is 4.24. The molecule has 0 bridgehead atoms. The number of esters is 2. The van der Waals surface area contributed by atoms with Gasteiger partial charge in [-0.05, 0) is 49.8 Å². The number of carbonyl (C=O) groups is 2. The maximum Gasteiger partial charge on any atom is 0.312 e. The summed E-state index contributed by atoms with van der Waals surface area (Å²) in [5.41, 5.74) is 4.07. The third kappa shape index (κ3) is 3.07. The summed E-state index contributed by atoms with van der Waals surface area (Å²) in [6.07, 6.45) is 1.39. The van der Waals surface area contributed by atoms with Gasteiger partial charge < -0.3 is 18.9 Å². The zero-order chi connectivity index (χ0) is 18.8. The molecule has 0 N–H and O–H groups in total. The average Bonchev–Trinajstić information content (AvgIpc) is 3.21. The van der Waals surface area contributed by atoms with Gasteiger partial charge in [-0.25, -0.2) is 0 Å². The summed E-state index contributed by atoms with van der Waals surface area (Å²) in [4.78, 5) is 24.5. The summed E-state index contributed by atoms with van der Waals surface area (Å²) in [6, 6.07) is 2.07. The van der Waals surface area contributed by atoms with Crippen LogP contribution in [-0.2, 0) is 43.1 Å². The van der Waals surface area contributed by atoms with E-state index in [-0.39, 0.29) is 29.9 Å². The standard InChI is InChI=1S/C20H26O6/c1-5-25-19(21)12-7-11-8-14-15(17(23-3)13(11)9-12)10-16(18(14)24-4)20(22)26-6-2/h8,12,16,18H,5-7,9-10H2,1-4H3. The van der Waals surface area contributed by atoms with E-state index in [1.807, 2.05) is 6.92 Å². The molecule has 0 spiro atoms. The highest BCUT2D eigenvalue weighted by atomic mass is 16.5. The number of hydrogen-bond donors (Lipinski definition) is 0. The molecule has 26 heavy (non-hydrogen) atoms. The quantitative estimate of drug-likeness (QED) is 0.724. The predicted molar refractivity (Wildman–Crippen MR) is 94.1 cm³/mol. The summed E-state index contributed by atoms with van der Waals surface area (Å²) < 4.78 is 21.8. The number of carbonyl (C=O) groups excluding carboxylic acids is 2. The molecular weight excluding hydrogens is 336 g/mol. The van der Waals surface area contributed by atoms with Crippen LogP contribution in [0.25, 0.3) is 0 Å². The van der Waals surface area contributed by atoms with E-state index in [1.54, 1.807) is 21.1 Å². The van der Waals surface area contributed by atoms with Crippen molar-refractivity contribution in [2.75, 3.05) is 27.4 Å². The average molecular weight is 362 g/mol. The first-order valence-electron chi connectivity index (χ1n) is 9.13. The third-order valence-corrected chi connectivity index (χ3v) is 5.29. The van der Waals surface area contributed by atoms with Crippen LogP contribution in [0.5, 0.6) is 5.75 Å². The smallest absolute Gasteiger partial charge is 0.312 e. The number of hydrogen-bond acceptors (Lipinski definition) is 6. The summed E-state index contributed by atoms with van der Waals surface area (Å²) in [6.45, 7) is 4.34. The SMILES string of the molecule is CCOC(=O)C1Cc2cc3c(c(OC)c2C1)CC(C(=O)OCC)C3OC. The molecule has 0 aliphatic heterocycles. The van der Waals surface area contributed by atoms with E-state index in [4.69, 9.17) is 18.9 Å². The number of fused-ring (bicyclic) bond motifs is 2.